The van der Waals surface area contributed by atoms with Gasteiger partial charge in [0.25, 0.3) is 11.1 Å². The summed E-state index contributed by atoms with van der Waals surface area (Å²) >= 11 is 1.18. The molecule has 2 aromatic carbocycles. The fourth-order valence-electron chi connectivity index (χ4n) is 3.56. The Hall–Kier alpha value is -3.85. The number of ether oxygens (including phenoxy) is 1. The largest absolute Gasteiger partial charge is 0.497 e. The average Bonchev–Trinajstić information content (AvgIpc) is 3.64. The normalized spacial score (nSPS) is 15.5. The molecule has 8 nitrogen and oxygen atoms in total. The summed E-state index contributed by atoms with van der Waals surface area (Å²) in [5.41, 5.74) is 2.57. The second kappa shape index (κ2) is 9.33. The number of aromatic nitrogens is 2. The average molecular weight is 461 g/mol. The molecule has 1 atom stereocenters. The fourth-order valence-corrected chi connectivity index (χ4v) is 4.17. The van der Waals surface area contributed by atoms with Gasteiger partial charge < -0.3 is 13.6 Å². The lowest BCUT2D eigenvalue weighted by atomic mass is 10.0. The van der Waals surface area contributed by atoms with Crippen LogP contribution in [0.5, 0.6) is 5.75 Å². The lowest BCUT2D eigenvalue weighted by Gasteiger charge is -2.19. The number of hydrogen-bond acceptors (Lipinski definition) is 8. The highest BCUT2D eigenvalue weighted by Gasteiger charge is 2.35. The number of thioether (sulfide) groups is 1. The highest BCUT2D eigenvalue weighted by atomic mass is 32.2. The molecule has 3 heterocycles. The van der Waals surface area contributed by atoms with Crippen molar-refractivity contribution in [3.8, 4) is 17.2 Å². The van der Waals surface area contributed by atoms with Crippen LogP contribution in [-0.4, -0.2) is 39.7 Å². The summed E-state index contributed by atoms with van der Waals surface area (Å²) in [6, 6.07) is 20.5. The van der Waals surface area contributed by atoms with Gasteiger partial charge in [0.2, 0.25) is 5.89 Å². The topological polar surface area (TPSA) is 94.0 Å². The lowest BCUT2D eigenvalue weighted by molar-refractivity contribution is -0.130. The number of hydrazone groups is 1. The molecule has 0 spiro atoms. The molecule has 2 aromatic heterocycles. The summed E-state index contributed by atoms with van der Waals surface area (Å²) in [6.07, 6.45) is 2.15. The number of amides is 1. The number of hydrogen-bond donors (Lipinski definition) is 0. The Morgan fingerprint density at radius 2 is 1.88 bits per heavy atom. The number of furan rings is 1. The van der Waals surface area contributed by atoms with Crippen LogP contribution < -0.4 is 4.74 Å². The number of nitrogens with zero attached hydrogens (tertiary/aromatic N) is 4. The van der Waals surface area contributed by atoms with Crippen LogP contribution in [0.1, 0.15) is 23.8 Å². The minimum atomic E-state index is -0.312. The molecule has 9 heteroatoms. The van der Waals surface area contributed by atoms with E-state index >= 15 is 0 Å². The minimum Gasteiger partial charge on any atom is -0.497 e. The molecule has 1 aliphatic heterocycles. The molecule has 0 saturated carbocycles. The van der Waals surface area contributed by atoms with Gasteiger partial charge in [-0.05, 0) is 54.1 Å². The zero-order chi connectivity index (χ0) is 22.6. The molecule has 1 unspecified atom stereocenters. The van der Waals surface area contributed by atoms with E-state index in [9.17, 15) is 4.79 Å². The van der Waals surface area contributed by atoms with Crippen LogP contribution in [0, 0.1) is 0 Å². The van der Waals surface area contributed by atoms with Gasteiger partial charge in [-0.1, -0.05) is 30.0 Å². The van der Waals surface area contributed by atoms with Crippen molar-refractivity contribution in [1.82, 2.24) is 15.2 Å². The Morgan fingerprint density at radius 3 is 2.61 bits per heavy atom. The van der Waals surface area contributed by atoms with Crippen LogP contribution in [-0.2, 0) is 4.79 Å². The Morgan fingerprint density at radius 1 is 1.06 bits per heavy atom. The van der Waals surface area contributed by atoms with Crippen LogP contribution in [0.15, 0.2) is 92.2 Å². The van der Waals surface area contributed by atoms with Crippen LogP contribution in [0.25, 0.3) is 11.5 Å². The Labute approximate surface area is 194 Å². The third-order valence-corrected chi connectivity index (χ3v) is 6.01. The maximum Gasteiger partial charge on any atom is 0.277 e. The minimum absolute atomic E-state index is 0.104. The molecule has 5 rings (SSSR count). The van der Waals surface area contributed by atoms with Crippen LogP contribution in [0.3, 0.4) is 0 Å². The van der Waals surface area contributed by atoms with Crippen LogP contribution in [0.2, 0.25) is 0 Å². The summed E-state index contributed by atoms with van der Waals surface area (Å²) in [7, 11) is 1.62. The van der Waals surface area contributed by atoms with E-state index in [1.807, 2.05) is 66.7 Å². The maximum absolute atomic E-state index is 13.1. The predicted octanol–water partition coefficient (Wildman–Crippen LogP) is 4.81. The first-order chi connectivity index (χ1) is 16.2. The van der Waals surface area contributed by atoms with Crippen molar-refractivity contribution in [1.29, 1.82) is 0 Å². The maximum atomic E-state index is 13.1. The smallest absolute Gasteiger partial charge is 0.277 e. The monoisotopic (exact) mass is 460 g/mol. The van der Waals surface area contributed by atoms with Crippen molar-refractivity contribution in [3.05, 3.63) is 84.3 Å². The van der Waals surface area contributed by atoms with E-state index in [1.54, 1.807) is 13.4 Å². The number of methoxy groups -OCH3 is 1. The van der Waals surface area contributed by atoms with Gasteiger partial charge in [0.15, 0.2) is 0 Å². The summed E-state index contributed by atoms with van der Waals surface area (Å²) < 4.78 is 16.5. The van der Waals surface area contributed by atoms with E-state index in [4.69, 9.17) is 13.6 Å². The molecule has 0 fully saturated rings. The third kappa shape index (κ3) is 4.54. The number of benzene rings is 2. The van der Waals surface area contributed by atoms with E-state index in [0.717, 1.165) is 22.6 Å². The molecular formula is C24H20N4O4S. The molecule has 0 saturated heterocycles. The predicted molar refractivity (Wildman–Crippen MR) is 123 cm³/mol. The standard InChI is InChI=1S/C24H20N4O4S/c1-30-18-11-9-16(10-12-18)19-14-20(21-8-5-13-31-21)28(27-19)22(29)15-33-24-26-25-23(32-24)17-6-3-2-4-7-17/h2-13,20H,14-15H2,1H3. The molecular weight excluding hydrogens is 440 g/mol. The van der Waals surface area contributed by atoms with E-state index in [0.29, 0.717) is 23.3 Å². The molecule has 0 N–H and O–H groups in total. The molecule has 4 aromatic rings. The summed E-state index contributed by atoms with van der Waals surface area (Å²) in [5, 5.41) is 14.6. The van der Waals surface area contributed by atoms with Crippen molar-refractivity contribution in [2.75, 3.05) is 12.9 Å². The quantitative estimate of drug-likeness (QED) is 0.365. The van der Waals surface area contributed by atoms with Crippen molar-refractivity contribution in [2.45, 2.75) is 17.7 Å². The van der Waals surface area contributed by atoms with Crippen molar-refractivity contribution >= 4 is 23.4 Å². The van der Waals surface area contributed by atoms with Gasteiger partial charge in [0, 0.05) is 12.0 Å². The SMILES string of the molecule is COc1ccc(C2=NN(C(=O)CSc3nnc(-c4ccccc4)o3)C(c3ccco3)C2)cc1. The fraction of sp³-hybridized carbons (Fsp3) is 0.167. The molecule has 33 heavy (non-hydrogen) atoms. The summed E-state index contributed by atoms with van der Waals surface area (Å²) in [4.78, 5) is 13.1. The summed E-state index contributed by atoms with van der Waals surface area (Å²) in [6.45, 7) is 0. The number of carbonyl (C=O) groups excluding carboxylic acids is 1. The Kier molecular flexibility index (Phi) is 5.95. The molecule has 166 valence electrons. The number of carbonyl (C=O) groups is 1. The van der Waals surface area contributed by atoms with Gasteiger partial charge >= 0.3 is 0 Å². The Bertz CT molecular complexity index is 1250. The van der Waals surface area contributed by atoms with E-state index in [1.165, 1.54) is 16.8 Å². The van der Waals surface area contributed by atoms with Gasteiger partial charge in [0.1, 0.15) is 17.6 Å². The van der Waals surface area contributed by atoms with Gasteiger partial charge in [0.05, 0.1) is 24.8 Å². The van der Waals surface area contributed by atoms with Crippen molar-refractivity contribution in [2.24, 2.45) is 5.10 Å². The first-order valence-corrected chi connectivity index (χ1v) is 11.3. The molecule has 1 amide bonds. The molecule has 0 radical (unpaired) electrons. The first kappa shape index (κ1) is 21.0. The van der Waals surface area contributed by atoms with Gasteiger partial charge in [-0.3, -0.25) is 4.79 Å². The van der Waals surface area contributed by atoms with Crippen LogP contribution >= 0.6 is 11.8 Å². The molecule has 0 bridgehead atoms. The van der Waals surface area contributed by atoms with Crippen molar-refractivity contribution < 1.29 is 18.4 Å². The van der Waals surface area contributed by atoms with Gasteiger partial charge in [-0.2, -0.15) is 5.10 Å². The van der Waals surface area contributed by atoms with Gasteiger partial charge in [-0.25, -0.2) is 5.01 Å². The molecule has 1 aliphatic rings. The van der Waals surface area contributed by atoms with Gasteiger partial charge in [-0.15, -0.1) is 10.2 Å². The highest BCUT2D eigenvalue weighted by molar-refractivity contribution is 7.99. The molecule has 0 aliphatic carbocycles. The third-order valence-electron chi connectivity index (χ3n) is 5.21. The summed E-state index contributed by atoms with van der Waals surface area (Å²) in [5.74, 6) is 1.79. The second-order valence-electron chi connectivity index (χ2n) is 7.28. The zero-order valence-electron chi connectivity index (χ0n) is 17.7. The highest BCUT2D eigenvalue weighted by Crippen LogP contribution is 2.34. The first-order valence-electron chi connectivity index (χ1n) is 10.3. The zero-order valence-corrected chi connectivity index (χ0v) is 18.6. The lowest BCUT2D eigenvalue weighted by Crippen LogP contribution is -2.28. The van der Waals surface area contributed by atoms with Crippen LogP contribution in [0.4, 0.5) is 0 Å². The Balaban J connectivity index is 1.32. The van der Waals surface area contributed by atoms with E-state index in [2.05, 4.69) is 15.3 Å². The number of rotatable bonds is 7. The van der Waals surface area contributed by atoms with E-state index < -0.39 is 0 Å². The van der Waals surface area contributed by atoms with Crippen molar-refractivity contribution in [3.63, 3.8) is 0 Å². The second-order valence-corrected chi connectivity index (χ2v) is 8.20. The van der Waals surface area contributed by atoms with E-state index in [-0.39, 0.29) is 17.7 Å².